The van der Waals surface area contributed by atoms with Crippen LogP contribution in [0.1, 0.15) is 11.1 Å². The number of hydrogen-bond donors (Lipinski definition) is 2. The molecule has 1 rings (SSSR count). The molecule has 0 radical (unpaired) electrons. The summed E-state index contributed by atoms with van der Waals surface area (Å²) < 4.78 is 25.1. The van der Waals surface area contributed by atoms with E-state index in [2.05, 4.69) is 4.72 Å². The van der Waals surface area contributed by atoms with E-state index in [0.717, 1.165) is 0 Å². The minimum absolute atomic E-state index is 0.246. The van der Waals surface area contributed by atoms with Crippen LogP contribution < -0.4 is 4.72 Å². The highest BCUT2D eigenvalue weighted by Gasteiger charge is 2.13. The van der Waals surface area contributed by atoms with Gasteiger partial charge in [-0.3, -0.25) is 4.72 Å². The summed E-state index contributed by atoms with van der Waals surface area (Å²) in [6.45, 7) is 1.27. The van der Waals surface area contributed by atoms with Crippen LogP contribution in [-0.2, 0) is 10.0 Å². The molecule has 0 saturated heterocycles. The summed E-state index contributed by atoms with van der Waals surface area (Å²) in [6, 6.07) is 6.84. The molecule has 0 aliphatic rings. The van der Waals surface area contributed by atoms with Crippen molar-refractivity contribution in [3.05, 3.63) is 29.3 Å². The monoisotopic (exact) mass is 240 g/mol. The van der Waals surface area contributed by atoms with E-state index in [9.17, 15) is 8.42 Å². The first kappa shape index (κ1) is 12.5. The van der Waals surface area contributed by atoms with Crippen LogP contribution in [0.4, 0.5) is 5.69 Å². The SMILES string of the molecule is Cc1cccc(NS(=O)(=O)CCO)c1C#N. The molecule has 16 heavy (non-hydrogen) atoms. The number of hydrogen-bond acceptors (Lipinski definition) is 4. The van der Waals surface area contributed by atoms with E-state index in [1.165, 1.54) is 6.07 Å². The lowest BCUT2D eigenvalue weighted by atomic mass is 10.1. The minimum Gasteiger partial charge on any atom is -0.395 e. The molecule has 5 nitrogen and oxygen atoms in total. The molecule has 0 aromatic heterocycles. The molecule has 2 N–H and O–H groups in total. The predicted octanol–water partition coefficient (Wildman–Crippen LogP) is 0.601. The summed E-state index contributed by atoms with van der Waals surface area (Å²) in [5.41, 5.74) is 1.24. The average Bonchev–Trinajstić information content (AvgIpc) is 2.17. The van der Waals surface area contributed by atoms with E-state index in [0.29, 0.717) is 11.1 Å². The second kappa shape index (κ2) is 4.96. The van der Waals surface area contributed by atoms with Gasteiger partial charge in [-0.2, -0.15) is 5.26 Å². The topological polar surface area (TPSA) is 90.2 Å². The van der Waals surface area contributed by atoms with Crippen LogP contribution in [0.3, 0.4) is 0 Å². The fraction of sp³-hybridized carbons (Fsp3) is 0.300. The molecule has 0 aliphatic heterocycles. The molecule has 1 aromatic rings. The maximum Gasteiger partial charge on any atom is 0.235 e. The number of rotatable bonds is 4. The Morgan fingerprint density at radius 1 is 1.50 bits per heavy atom. The third-order valence-corrected chi connectivity index (χ3v) is 3.26. The zero-order chi connectivity index (χ0) is 12.2. The molecule has 6 heteroatoms. The van der Waals surface area contributed by atoms with Gasteiger partial charge >= 0.3 is 0 Å². The Kier molecular flexibility index (Phi) is 3.88. The number of sulfonamides is 1. The standard InChI is InChI=1S/C10H12N2O3S/c1-8-3-2-4-10(9(8)7-11)12-16(14,15)6-5-13/h2-4,12-13H,5-6H2,1H3. The molecule has 0 heterocycles. The molecule has 0 saturated carbocycles. The second-order valence-electron chi connectivity index (χ2n) is 3.25. The quantitative estimate of drug-likeness (QED) is 0.806. The summed E-state index contributed by atoms with van der Waals surface area (Å²) in [5, 5.41) is 17.5. The Labute approximate surface area is 94.4 Å². The van der Waals surface area contributed by atoms with Crippen molar-refractivity contribution in [1.29, 1.82) is 5.26 Å². The molecule has 0 spiro atoms. The van der Waals surface area contributed by atoms with Crippen molar-refractivity contribution in [3.8, 4) is 6.07 Å². The zero-order valence-electron chi connectivity index (χ0n) is 8.77. The van der Waals surface area contributed by atoms with Gasteiger partial charge in [-0.1, -0.05) is 12.1 Å². The van der Waals surface area contributed by atoms with E-state index >= 15 is 0 Å². The molecule has 0 bridgehead atoms. The van der Waals surface area contributed by atoms with E-state index in [-0.39, 0.29) is 11.4 Å². The maximum absolute atomic E-state index is 11.4. The Morgan fingerprint density at radius 2 is 2.19 bits per heavy atom. The summed E-state index contributed by atoms with van der Waals surface area (Å²) in [4.78, 5) is 0. The van der Waals surface area contributed by atoms with Crippen LogP contribution in [-0.4, -0.2) is 25.9 Å². The molecule has 0 unspecified atom stereocenters. The van der Waals surface area contributed by atoms with Crippen molar-refractivity contribution in [2.45, 2.75) is 6.92 Å². The van der Waals surface area contributed by atoms with Gasteiger partial charge in [-0.15, -0.1) is 0 Å². The largest absolute Gasteiger partial charge is 0.395 e. The van der Waals surface area contributed by atoms with Crippen LogP contribution in [0.5, 0.6) is 0 Å². The lowest BCUT2D eigenvalue weighted by Gasteiger charge is -2.09. The molecule has 0 aliphatic carbocycles. The average molecular weight is 240 g/mol. The van der Waals surface area contributed by atoms with Crippen LogP contribution in [0.25, 0.3) is 0 Å². The Hall–Kier alpha value is -1.58. The molecule has 86 valence electrons. The molecule has 0 fully saturated rings. The normalized spacial score (nSPS) is 10.8. The number of aliphatic hydroxyl groups is 1. The lowest BCUT2D eigenvalue weighted by molar-refractivity contribution is 0.320. The fourth-order valence-corrected chi connectivity index (χ4v) is 2.09. The second-order valence-corrected chi connectivity index (χ2v) is 5.10. The van der Waals surface area contributed by atoms with Gasteiger partial charge in [0.25, 0.3) is 0 Å². The number of anilines is 1. The first-order valence-corrected chi connectivity index (χ1v) is 6.26. The number of benzene rings is 1. The summed E-state index contributed by atoms with van der Waals surface area (Å²) in [5.74, 6) is -0.383. The summed E-state index contributed by atoms with van der Waals surface area (Å²) >= 11 is 0. The fourth-order valence-electron chi connectivity index (χ4n) is 1.24. The van der Waals surface area contributed by atoms with E-state index in [1.54, 1.807) is 19.1 Å². The zero-order valence-corrected chi connectivity index (χ0v) is 9.58. The van der Waals surface area contributed by atoms with Crippen molar-refractivity contribution in [2.75, 3.05) is 17.1 Å². The van der Waals surface area contributed by atoms with Gasteiger partial charge in [-0.25, -0.2) is 8.42 Å². The van der Waals surface area contributed by atoms with Gasteiger partial charge in [0.05, 0.1) is 23.6 Å². The highest BCUT2D eigenvalue weighted by atomic mass is 32.2. The third-order valence-electron chi connectivity index (χ3n) is 2.01. The van der Waals surface area contributed by atoms with Gasteiger partial charge in [0.2, 0.25) is 10.0 Å². The maximum atomic E-state index is 11.4. The molecule has 0 atom stereocenters. The highest BCUT2D eigenvalue weighted by molar-refractivity contribution is 7.92. The molecular formula is C10H12N2O3S. The summed E-state index contributed by atoms with van der Waals surface area (Å²) in [6.07, 6.45) is 0. The van der Waals surface area contributed by atoms with Gasteiger partial charge in [-0.05, 0) is 18.6 Å². The van der Waals surface area contributed by atoms with E-state index < -0.39 is 16.6 Å². The predicted molar refractivity (Wildman–Crippen MR) is 60.4 cm³/mol. The Balaban J connectivity index is 3.08. The summed E-state index contributed by atoms with van der Waals surface area (Å²) in [7, 11) is -3.59. The smallest absolute Gasteiger partial charge is 0.235 e. The first-order chi connectivity index (χ1) is 7.50. The van der Waals surface area contributed by atoms with Gasteiger partial charge in [0, 0.05) is 0 Å². The number of aliphatic hydroxyl groups excluding tert-OH is 1. The number of nitrogens with one attached hydrogen (secondary N) is 1. The lowest BCUT2D eigenvalue weighted by Crippen LogP contribution is -2.19. The minimum atomic E-state index is -3.59. The number of nitrogens with zero attached hydrogens (tertiary/aromatic N) is 1. The van der Waals surface area contributed by atoms with E-state index in [4.69, 9.17) is 10.4 Å². The van der Waals surface area contributed by atoms with Crippen molar-refractivity contribution in [1.82, 2.24) is 0 Å². The Bertz CT molecular complexity index is 517. The van der Waals surface area contributed by atoms with Crippen LogP contribution >= 0.6 is 0 Å². The number of aryl methyl sites for hydroxylation is 1. The van der Waals surface area contributed by atoms with Crippen molar-refractivity contribution in [3.63, 3.8) is 0 Å². The van der Waals surface area contributed by atoms with Crippen LogP contribution in [0, 0.1) is 18.3 Å². The van der Waals surface area contributed by atoms with Crippen molar-refractivity contribution >= 4 is 15.7 Å². The third kappa shape index (κ3) is 2.95. The van der Waals surface area contributed by atoms with E-state index in [1.807, 2.05) is 6.07 Å². The van der Waals surface area contributed by atoms with Gasteiger partial charge in [0.15, 0.2) is 0 Å². The van der Waals surface area contributed by atoms with Crippen LogP contribution in [0.15, 0.2) is 18.2 Å². The molecule has 0 amide bonds. The van der Waals surface area contributed by atoms with Crippen molar-refractivity contribution < 1.29 is 13.5 Å². The van der Waals surface area contributed by atoms with Gasteiger partial charge < -0.3 is 5.11 Å². The first-order valence-electron chi connectivity index (χ1n) is 4.61. The molecular weight excluding hydrogens is 228 g/mol. The van der Waals surface area contributed by atoms with Crippen molar-refractivity contribution in [2.24, 2.45) is 0 Å². The molecule has 1 aromatic carbocycles. The van der Waals surface area contributed by atoms with Crippen LogP contribution in [0.2, 0.25) is 0 Å². The number of nitriles is 1. The highest BCUT2D eigenvalue weighted by Crippen LogP contribution is 2.19. The van der Waals surface area contributed by atoms with Gasteiger partial charge in [0.1, 0.15) is 6.07 Å². The Morgan fingerprint density at radius 3 is 2.75 bits per heavy atom.